The van der Waals surface area contributed by atoms with Gasteiger partial charge in [-0.1, -0.05) is 39.5 Å². The molecule has 0 spiro atoms. The predicted molar refractivity (Wildman–Crippen MR) is 137 cm³/mol. The highest BCUT2D eigenvalue weighted by atomic mass is 35.5. The topological polar surface area (TPSA) is 13.7 Å². The molecule has 3 heteroatoms. The molecule has 0 amide bonds. The minimum atomic E-state index is 0.426. The average molecular weight is 477 g/mol. The van der Waals surface area contributed by atoms with Gasteiger partial charge in [0, 0.05) is 35.5 Å². The Hall–Kier alpha value is 0.210. The van der Waals surface area contributed by atoms with Crippen LogP contribution in [0.5, 0.6) is 0 Å². The summed E-state index contributed by atoms with van der Waals surface area (Å²) in [7, 11) is 0. The Labute approximate surface area is 208 Å². The number of fused-ring (bicyclic) bond motifs is 3. The number of ether oxygens (including phenoxy) is 1. The molecule has 2 nitrogen and oxygen atoms in total. The minimum absolute atomic E-state index is 0.426. The van der Waals surface area contributed by atoms with Crippen LogP contribution in [0.1, 0.15) is 123 Å². The summed E-state index contributed by atoms with van der Waals surface area (Å²) in [5, 5.41) is 0.426. The zero-order valence-electron chi connectivity index (χ0n) is 21.6. The normalized spacial score (nSPS) is 50.6. The molecule has 3 aliphatic heterocycles. The molecule has 3 heterocycles. The van der Waals surface area contributed by atoms with Crippen molar-refractivity contribution in [2.24, 2.45) is 29.1 Å². The van der Waals surface area contributed by atoms with Crippen LogP contribution in [0.3, 0.4) is 0 Å². The molecule has 3 saturated heterocycles. The summed E-state index contributed by atoms with van der Waals surface area (Å²) < 4.78 is 6.99. The maximum absolute atomic E-state index is 6.99. The molecule has 0 aromatic heterocycles. The molecule has 33 heavy (non-hydrogen) atoms. The lowest BCUT2D eigenvalue weighted by molar-refractivity contribution is -0.975. The van der Waals surface area contributed by atoms with Crippen LogP contribution in [0, 0.1) is 29.1 Å². The Balaban J connectivity index is 1.21. The van der Waals surface area contributed by atoms with Gasteiger partial charge in [0.2, 0.25) is 0 Å². The van der Waals surface area contributed by atoms with Crippen LogP contribution in [-0.4, -0.2) is 35.7 Å². The van der Waals surface area contributed by atoms with Crippen LogP contribution < -0.4 is 4.90 Å². The lowest BCUT2D eigenvalue weighted by Crippen LogP contribution is -3.23. The fourth-order valence-electron chi connectivity index (χ4n) is 10.3. The number of rotatable bonds is 3. The van der Waals surface area contributed by atoms with Gasteiger partial charge >= 0.3 is 0 Å². The Kier molecular flexibility index (Phi) is 6.86. The minimum Gasteiger partial charge on any atom is -0.374 e. The molecule has 0 aromatic carbocycles. The fourth-order valence-corrected chi connectivity index (χ4v) is 10.6. The molecule has 1 N–H and O–H groups in total. The van der Waals surface area contributed by atoms with Crippen LogP contribution >= 0.6 is 11.6 Å². The summed E-state index contributed by atoms with van der Waals surface area (Å²) in [6.07, 6.45) is 25.2. The lowest BCUT2D eigenvalue weighted by Gasteiger charge is -2.48. The van der Waals surface area contributed by atoms with Gasteiger partial charge in [0.15, 0.2) is 0 Å². The van der Waals surface area contributed by atoms with E-state index in [0.29, 0.717) is 23.0 Å². The van der Waals surface area contributed by atoms with Gasteiger partial charge in [-0.3, -0.25) is 0 Å². The van der Waals surface area contributed by atoms with E-state index < -0.39 is 0 Å². The van der Waals surface area contributed by atoms with Crippen molar-refractivity contribution in [3.8, 4) is 0 Å². The second-order valence-corrected chi connectivity index (χ2v) is 14.5. The summed E-state index contributed by atoms with van der Waals surface area (Å²) in [5.74, 6) is 3.57. The van der Waals surface area contributed by atoms with Gasteiger partial charge in [0.1, 0.15) is 0 Å². The number of hydrogen-bond acceptors (Lipinski definition) is 1. The molecular formula is C30H51ClNO+. The molecule has 8 unspecified atom stereocenters. The number of quaternary nitrogens is 1. The van der Waals surface area contributed by atoms with Crippen LogP contribution in [0.15, 0.2) is 0 Å². The van der Waals surface area contributed by atoms with Gasteiger partial charge in [0.05, 0.1) is 30.3 Å². The van der Waals surface area contributed by atoms with Crippen molar-refractivity contribution in [1.82, 2.24) is 0 Å². The van der Waals surface area contributed by atoms with Gasteiger partial charge in [0.25, 0.3) is 0 Å². The molecule has 0 radical (unpaired) electrons. The predicted octanol–water partition coefficient (Wildman–Crippen LogP) is 6.54. The highest BCUT2D eigenvalue weighted by Gasteiger charge is 2.63. The van der Waals surface area contributed by atoms with E-state index in [9.17, 15) is 0 Å². The van der Waals surface area contributed by atoms with Crippen molar-refractivity contribution < 1.29 is 9.64 Å². The third kappa shape index (κ3) is 4.35. The molecule has 6 rings (SSSR count). The summed E-state index contributed by atoms with van der Waals surface area (Å²) in [6.45, 7) is 5.35. The Morgan fingerprint density at radius 1 is 0.636 bits per heavy atom. The molecule has 0 bridgehead atoms. The van der Waals surface area contributed by atoms with Gasteiger partial charge in [-0.25, -0.2) is 0 Å². The van der Waals surface area contributed by atoms with Crippen LogP contribution in [-0.2, 0) is 4.74 Å². The van der Waals surface area contributed by atoms with E-state index in [0.717, 1.165) is 41.8 Å². The van der Waals surface area contributed by atoms with E-state index in [-0.39, 0.29) is 0 Å². The lowest BCUT2D eigenvalue weighted by atomic mass is 9.66. The first-order valence-corrected chi connectivity index (χ1v) is 15.6. The summed E-state index contributed by atoms with van der Waals surface area (Å²) in [4.78, 5) is 2.11. The summed E-state index contributed by atoms with van der Waals surface area (Å²) >= 11 is 6.42. The molecular weight excluding hydrogens is 426 g/mol. The van der Waals surface area contributed by atoms with Crippen molar-refractivity contribution in [2.45, 2.75) is 159 Å². The standard InChI is InChI=1S/C30H50ClNO/c1-30(2)24-10-6-7-11-25(24)32-26(20-8-4-3-5-9-20)18-22(19-29(30)32)28-17-16-27(33-28)21-12-14-23(31)15-13-21/h20-29H,3-19H2,1-2H3/p+1. The number of alkyl halides is 1. The maximum Gasteiger partial charge on any atom is 0.0939 e. The van der Waals surface area contributed by atoms with Crippen molar-refractivity contribution in [3.63, 3.8) is 0 Å². The van der Waals surface area contributed by atoms with Crippen LogP contribution in [0.4, 0.5) is 0 Å². The Bertz CT molecular complexity index is 666. The first kappa shape index (κ1) is 23.6. The molecule has 6 fully saturated rings. The van der Waals surface area contributed by atoms with Gasteiger partial charge in [-0.05, 0) is 82.5 Å². The van der Waals surface area contributed by atoms with Gasteiger partial charge in [-0.15, -0.1) is 11.6 Å². The van der Waals surface area contributed by atoms with Gasteiger partial charge in [-0.2, -0.15) is 0 Å². The maximum atomic E-state index is 6.99. The highest BCUT2D eigenvalue weighted by Crippen LogP contribution is 2.50. The van der Waals surface area contributed by atoms with Crippen molar-refractivity contribution in [2.75, 3.05) is 0 Å². The van der Waals surface area contributed by atoms with Crippen LogP contribution in [0.2, 0.25) is 0 Å². The van der Waals surface area contributed by atoms with Crippen molar-refractivity contribution >= 4 is 11.6 Å². The Morgan fingerprint density at radius 2 is 1.30 bits per heavy atom. The molecule has 8 atom stereocenters. The Morgan fingerprint density at radius 3 is 2.06 bits per heavy atom. The van der Waals surface area contributed by atoms with E-state index in [1.54, 1.807) is 0 Å². The van der Waals surface area contributed by atoms with E-state index >= 15 is 0 Å². The number of hydrogen-bond donors (Lipinski definition) is 1. The first-order chi connectivity index (χ1) is 16.0. The zero-order chi connectivity index (χ0) is 22.6. The molecule has 0 aromatic rings. The van der Waals surface area contributed by atoms with Crippen molar-refractivity contribution in [1.29, 1.82) is 0 Å². The zero-order valence-corrected chi connectivity index (χ0v) is 22.3. The second kappa shape index (κ2) is 9.59. The summed E-state index contributed by atoms with van der Waals surface area (Å²) in [5.41, 5.74) is 0.517. The first-order valence-electron chi connectivity index (χ1n) is 15.2. The van der Waals surface area contributed by atoms with E-state index in [1.807, 2.05) is 0 Å². The van der Waals surface area contributed by atoms with Gasteiger partial charge < -0.3 is 9.64 Å². The van der Waals surface area contributed by atoms with Crippen molar-refractivity contribution in [3.05, 3.63) is 0 Å². The molecule has 3 aliphatic carbocycles. The largest absolute Gasteiger partial charge is 0.374 e. The number of nitrogens with one attached hydrogen (secondary N) is 1. The highest BCUT2D eigenvalue weighted by molar-refractivity contribution is 6.20. The van der Waals surface area contributed by atoms with Crippen LogP contribution in [0.25, 0.3) is 0 Å². The third-order valence-electron chi connectivity index (χ3n) is 12.0. The monoisotopic (exact) mass is 476 g/mol. The second-order valence-electron chi connectivity index (χ2n) is 13.9. The van der Waals surface area contributed by atoms with E-state index in [4.69, 9.17) is 16.3 Å². The quantitative estimate of drug-likeness (QED) is 0.456. The SMILES string of the molecule is CC1(C)C2CCCCC2[NH+]2C(C3CCCCC3)CC(C3CCC(C4CCC(Cl)CC4)O3)CC21. The average Bonchev–Trinajstić information content (AvgIpc) is 3.42. The smallest absolute Gasteiger partial charge is 0.0939 e. The van der Waals surface area contributed by atoms with E-state index in [2.05, 4.69) is 18.7 Å². The fraction of sp³-hybridized carbons (Fsp3) is 1.00. The summed E-state index contributed by atoms with van der Waals surface area (Å²) in [6, 6.07) is 2.77. The van der Waals surface area contributed by atoms with E-state index in [1.165, 1.54) is 109 Å². The molecule has 3 saturated carbocycles. The molecule has 188 valence electrons. The number of piperidine rings is 1. The third-order valence-corrected chi connectivity index (χ3v) is 12.5. The molecule has 6 aliphatic rings. The number of halogens is 1.